The smallest absolute Gasteiger partial charge is 0.220 e. The predicted octanol–water partition coefficient (Wildman–Crippen LogP) is 0.888. The Morgan fingerprint density at radius 1 is 1.36 bits per heavy atom. The molecule has 6 nitrogen and oxygen atoms in total. The molecule has 1 aliphatic heterocycles. The maximum Gasteiger partial charge on any atom is 0.220 e. The van der Waals surface area contributed by atoms with Gasteiger partial charge in [-0.3, -0.25) is 14.4 Å². The Morgan fingerprint density at radius 3 is 2.92 bits per heavy atom. The number of fused-ring (bicyclic) bond motifs is 1. The molecule has 1 amide bonds. The molecule has 25 heavy (non-hydrogen) atoms. The molecule has 0 bridgehead atoms. The van der Waals surface area contributed by atoms with Crippen LogP contribution in [0.3, 0.4) is 0 Å². The summed E-state index contributed by atoms with van der Waals surface area (Å²) in [4.78, 5) is 14.2. The summed E-state index contributed by atoms with van der Waals surface area (Å²) in [5.41, 5.74) is 3.78. The second-order valence-electron chi connectivity index (χ2n) is 6.73. The normalized spacial score (nSPS) is 15.6. The quantitative estimate of drug-likeness (QED) is 0.784. The third-order valence-corrected chi connectivity index (χ3v) is 4.61. The van der Waals surface area contributed by atoms with Gasteiger partial charge in [-0.15, -0.1) is 0 Å². The van der Waals surface area contributed by atoms with E-state index in [1.807, 2.05) is 13.2 Å². The largest absolute Gasteiger partial charge is 0.390 e. The number of nitrogens with zero attached hydrogens (tertiary/aromatic N) is 3. The molecule has 134 valence electrons. The number of aryl methyl sites for hydroxylation is 2. The van der Waals surface area contributed by atoms with Crippen molar-refractivity contribution in [2.75, 3.05) is 19.6 Å². The maximum atomic E-state index is 11.9. The predicted molar refractivity (Wildman–Crippen MR) is 96.0 cm³/mol. The number of aliphatic hydroxyl groups is 1. The van der Waals surface area contributed by atoms with Crippen LogP contribution < -0.4 is 5.32 Å². The zero-order valence-corrected chi connectivity index (χ0v) is 14.7. The molecule has 0 radical (unpaired) electrons. The molecule has 2 N–H and O–H groups in total. The number of carbonyl (C=O) groups is 1. The van der Waals surface area contributed by atoms with Crippen LogP contribution in [0.25, 0.3) is 0 Å². The van der Waals surface area contributed by atoms with Crippen LogP contribution in [0, 0.1) is 0 Å². The highest BCUT2D eigenvalue weighted by molar-refractivity contribution is 5.76. The van der Waals surface area contributed by atoms with Crippen molar-refractivity contribution in [3.63, 3.8) is 0 Å². The molecule has 1 atom stereocenters. The lowest BCUT2D eigenvalue weighted by Gasteiger charge is -2.30. The fourth-order valence-electron chi connectivity index (χ4n) is 3.25. The molecule has 0 aliphatic carbocycles. The van der Waals surface area contributed by atoms with Gasteiger partial charge in [-0.2, -0.15) is 5.10 Å². The Balaban J connectivity index is 1.36. The molecule has 0 spiro atoms. The highest BCUT2D eigenvalue weighted by Crippen LogP contribution is 2.18. The van der Waals surface area contributed by atoms with E-state index >= 15 is 0 Å². The Bertz CT molecular complexity index is 713. The number of amides is 1. The van der Waals surface area contributed by atoms with E-state index in [1.165, 1.54) is 11.1 Å². The van der Waals surface area contributed by atoms with Crippen LogP contribution in [0.1, 0.15) is 23.1 Å². The summed E-state index contributed by atoms with van der Waals surface area (Å²) in [6, 6.07) is 8.45. The minimum Gasteiger partial charge on any atom is -0.390 e. The first-order chi connectivity index (χ1) is 12.1. The molecular weight excluding hydrogens is 316 g/mol. The van der Waals surface area contributed by atoms with E-state index in [0.29, 0.717) is 25.9 Å². The SMILES string of the molecule is Cn1cc(CCC(=O)NCC(O)CN2CCc3ccccc3C2)cn1. The summed E-state index contributed by atoms with van der Waals surface area (Å²) in [5.74, 6) is -0.0353. The number of nitrogens with one attached hydrogen (secondary N) is 1. The molecule has 2 heterocycles. The van der Waals surface area contributed by atoms with Crippen LogP contribution in [0.5, 0.6) is 0 Å². The summed E-state index contributed by atoms with van der Waals surface area (Å²) in [6.07, 6.45) is 5.23. The van der Waals surface area contributed by atoms with Gasteiger partial charge in [0.15, 0.2) is 0 Å². The van der Waals surface area contributed by atoms with E-state index in [0.717, 1.165) is 25.1 Å². The van der Waals surface area contributed by atoms with Crippen molar-refractivity contribution in [3.05, 3.63) is 53.3 Å². The summed E-state index contributed by atoms with van der Waals surface area (Å²) in [5, 5.41) is 17.1. The van der Waals surface area contributed by atoms with Crippen LogP contribution >= 0.6 is 0 Å². The lowest BCUT2D eigenvalue weighted by molar-refractivity contribution is -0.121. The Morgan fingerprint density at radius 2 is 2.16 bits per heavy atom. The summed E-state index contributed by atoms with van der Waals surface area (Å²) >= 11 is 0. The van der Waals surface area contributed by atoms with Crippen molar-refractivity contribution in [2.45, 2.75) is 31.9 Å². The lowest BCUT2D eigenvalue weighted by Crippen LogP contribution is -2.42. The Labute approximate surface area is 148 Å². The third kappa shape index (κ3) is 5.14. The van der Waals surface area contributed by atoms with Gasteiger partial charge in [0.05, 0.1) is 12.3 Å². The molecule has 3 rings (SSSR count). The summed E-state index contributed by atoms with van der Waals surface area (Å²) in [6.45, 7) is 2.69. The molecule has 0 saturated heterocycles. The zero-order chi connectivity index (χ0) is 17.6. The van der Waals surface area contributed by atoms with Crippen LogP contribution in [-0.2, 0) is 31.2 Å². The molecule has 2 aromatic rings. The minimum atomic E-state index is -0.549. The van der Waals surface area contributed by atoms with E-state index in [1.54, 1.807) is 10.9 Å². The van der Waals surface area contributed by atoms with Crippen LogP contribution in [0.2, 0.25) is 0 Å². The van der Waals surface area contributed by atoms with E-state index < -0.39 is 6.10 Å². The van der Waals surface area contributed by atoms with Gasteiger partial charge in [-0.05, 0) is 29.5 Å². The fraction of sp³-hybridized carbons (Fsp3) is 0.474. The van der Waals surface area contributed by atoms with E-state index in [2.05, 4.69) is 39.6 Å². The van der Waals surface area contributed by atoms with Crippen molar-refractivity contribution in [1.82, 2.24) is 20.0 Å². The van der Waals surface area contributed by atoms with Crippen molar-refractivity contribution >= 4 is 5.91 Å². The number of β-amino-alcohol motifs (C(OH)–C–C–N with tert-alkyl or cyclic N) is 1. The second kappa shape index (κ2) is 8.27. The van der Waals surface area contributed by atoms with Crippen molar-refractivity contribution in [2.24, 2.45) is 7.05 Å². The average Bonchev–Trinajstić information content (AvgIpc) is 3.03. The van der Waals surface area contributed by atoms with E-state index in [-0.39, 0.29) is 5.91 Å². The number of carbonyl (C=O) groups excluding carboxylic acids is 1. The molecule has 1 aliphatic rings. The van der Waals surface area contributed by atoms with Crippen molar-refractivity contribution in [1.29, 1.82) is 0 Å². The first-order valence-corrected chi connectivity index (χ1v) is 8.81. The zero-order valence-electron chi connectivity index (χ0n) is 14.7. The van der Waals surface area contributed by atoms with Gasteiger partial charge in [0.1, 0.15) is 0 Å². The number of benzene rings is 1. The second-order valence-corrected chi connectivity index (χ2v) is 6.73. The Hall–Kier alpha value is -2.18. The lowest BCUT2D eigenvalue weighted by atomic mass is 10.00. The first kappa shape index (κ1) is 17.6. The maximum absolute atomic E-state index is 11.9. The van der Waals surface area contributed by atoms with Gasteiger partial charge in [-0.1, -0.05) is 24.3 Å². The van der Waals surface area contributed by atoms with Crippen LogP contribution in [0.15, 0.2) is 36.7 Å². The number of hydrogen-bond donors (Lipinski definition) is 2. The summed E-state index contributed by atoms with van der Waals surface area (Å²) < 4.78 is 1.73. The number of rotatable bonds is 7. The molecular formula is C19H26N4O2. The van der Waals surface area contributed by atoms with Gasteiger partial charge < -0.3 is 10.4 Å². The third-order valence-electron chi connectivity index (χ3n) is 4.61. The average molecular weight is 342 g/mol. The number of aromatic nitrogens is 2. The van der Waals surface area contributed by atoms with E-state index in [4.69, 9.17) is 0 Å². The Kier molecular flexibility index (Phi) is 5.83. The molecule has 1 aromatic carbocycles. The molecule has 1 unspecified atom stereocenters. The highest BCUT2D eigenvalue weighted by atomic mass is 16.3. The van der Waals surface area contributed by atoms with Gasteiger partial charge in [0.25, 0.3) is 0 Å². The van der Waals surface area contributed by atoms with Crippen LogP contribution in [0.4, 0.5) is 0 Å². The molecule has 0 saturated carbocycles. The van der Waals surface area contributed by atoms with Gasteiger partial charge in [0, 0.05) is 45.8 Å². The van der Waals surface area contributed by atoms with Crippen molar-refractivity contribution in [3.8, 4) is 0 Å². The van der Waals surface area contributed by atoms with Gasteiger partial charge in [-0.25, -0.2) is 0 Å². The monoisotopic (exact) mass is 342 g/mol. The minimum absolute atomic E-state index is 0.0353. The molecule has 6 heteroatoms. The molecule has 1 aromatic heterocycles. The van der Waals surface area contributed by atoms with Crippen molar-refractivity contribution < 1.29 is 9.90 Å². The standard InChI is InChI=1S/C19H26N4O2/c1-22-12-15(10-21-22)6-7-19(25)20-11-18(24)14-23-9-8-16-4-2-3-5-17(16)13-23/h2-5,10,12,18,24H,6-9,11,13-14H2,1H3,(H,20,25). The van der Waals surface area contributed by atoms with Gasteiger partial charge in [0.2, 0.25) is 5.91 Å². The first-order valence-electron chi connectivity index (χ1n) is 8.81. The number of hydrogen-bond acceptors (Lipinski definition) is 4. The number of aliphatic hydroxyl groups excluding tert-OH is 1. The van der Waals surface area contributed by atoms with Crippen LogP contribution in [-0.4, -0.2) is 51.4 Å². The highest BCUT2D eigenvalue weighted by Gasteiger charge is 2.18. The topological polar surface area (TPSA) is 70.4 Å². The van der Waals surface area contributed by atoms with E-state index in [9.17, 15) is 9.90 Å². The fourth-order valence-corrected chi connectivity index (χ4v) is 3.25. The van der Waals surface area contributed by atoms with Gasteiger partial charge >= 0.3 is 0 Å². The molecule has 0 fully saturated rings. The summed E-state index contributed by atoms with van der Waals surface area (Å²) in [7, 11) is 1.86.